The topological polar surface area (TPSA) is 26.0 Å². The van der Waals surface area contributed by atoms with E-state index < -0.39 is 11.7 Å². The van der Waals surface area contributed by atoms with E-state index in [1.807, 2.05) is 0 Å². The summed E-state index contributed by atoms with van der Waals surface area (Å²) in [7, 11) is 0. The van der Waals surface area contributed by atoms with Gasteiger partial charge in [-0.1, -0.05) is 11.6 Å². The van der Waals surface area contributed by atoms with Gasteiger partial charge in [0.05, 0.1) is 11.3 Å². The molecule has 6 heteroatoms. The van der Waals surface area contributed by atoms with Gasteiger partial charge in [-0.15, -0.1) is 0 Å². The van der Waals surface area contributed by atoms with Gasteiger partial charge in [-0.3, -0.25) is 0 Å². The zero-order valence-electron chi connectivity index (χ0n) is 6.12. The van der Waals surface area contributed by atoms with Gasteiger partial charge in [0.15, 0.2) is 0 Å². The van der Waals surface area contributed by atoms with Crippen LogP contribution >= 0.6 is 27.5 Å². The minimum atomic E-state index is -4.47. The molecular formula is C7H4BrClF3N. The molecule has 0 aromatic heterocycles. The molecule has 0 aliphatic rings. The number of nitrogen functional groups attached to an aromatic ring is 1. The fourth-order valence-electron chi connectivity index (χ4n) is 0.819. The molecule has 0 bridgehead atoms. The van der Waals surface area contributed by atoms with Crippen molar-refractivity contribution in [2.75, 3.05) is 5.73 Å². The van der Waals surface area contributed by atoms with E-state index in [9.17, 15) is 13.2 Å². The summed E-state index contributed by atoms with van der Waals surface area (Å²) in [6.07, 6.45) is -4.47. The smallest absolute Gasteiger partial charge is 0.397 e. The molecule has 1 rings (SSSR count). The van der Waals surface area contributed by atoms with Crippen molar-refractivity contribution in [3.05, 3.63) is 27.2 Å². The Morgan fingerprint density at radius 2 is 1.85 bits per heavy atom. The zero-order valence-corrected chi connectivity index (χ0v) is 8.46. The molecule has 0 spiro atoms. The summed E-state index contributed by atoms with van der Waals surface area (Å²) < 4.78 is 36.9. The zero-order chi connectivity index (χ0) is 10.2. The fourth-order valence-corrected chi connectivity index (χ4v) is 1.63. The molecule has 1 aromatic carbocycles. The Kier molecular flexibility index (Phi) is 2.77. The van der Waals surface area contributed by atoms with Crippen LogP contribution in [0.4, 0.5) is 18.9 Å². The van der Waals surface area contributed by atoms with Crippen molar-refractivity contribution >= 4 is 33.2 Å². The summed E-state index contributed by atoms with van der Waals surface area (Å²) in [6, 6.07) is 2.10. The molecule has 2 N–H and O–H groups in total. The highest BCUT2D eigenvalue weighted by atomic mass is 79.9. The molecule has 0 aliphatic heterocycles. The quantitative estimate of drug-likeness (QED) is 0.717. The SMILES string of the molecule is Nc1c(Br)cc(Cl)cc1C(F)(F)F. The maximum absolute atomic E-state index is 12.2. The van der Waals surface area contributed by atoms with Crippen LogP contribution in [-0.4, -0.2) is 0 Å². The van der Waals surface area contributed by atoms with Crippen molar-refractivity contribution in [2.45, 2.75) is 6.18 Å². The Balaban J connectivity index is 3.37. The van der Waals surface area contributed by atoms with Gasteiger partial charge in [0, 0.05) is 9.50 Å². The summed E-state index contributed by atoms with van der Waals surface area (Å²) in [5, 5.41) is -0.00611. The van der Waals surface area contributed by atoms with E-state index in [1.165, 1.54) is 6.07 Å². The van der Waals surface area contributed by atoms with Crippen LogP contribution in [0.25, 0.3) is 0 Å². The Bertz CT molecular complexity index is 337. The minimum absolute atomic E-state index is 0.00611. The number of hydrogen-bond acceptors (Lipinski definition) is 1. The van der Waals surface area contributed by atoms with E-state index >= 15 is 0 Å². The van der Waals surface area contributed by atoms with Gasteiger partial charge in [0.1, 0.15) is 0 Å². The lowest BCUT2D eigenvalue weighted by Gasteiger charge is -2.11. The van der Waals surface area contributed by atoms with Crippen molar-refractivity contribution in [1.82, 2.24) is 0 Å². The summed E-state index contributed by atoms with van der Waals surface area (Å²) in [5.41, 5.74) is 3.94. The Hall–Kier alpha value is -0.420. The summed E-state index contributed by atoms with van der Waals surface area (Å²) in [5.74, 6) is 0. The van der Waals surface area contributed by atoms with E-state index in [4.69, 9.17) is 17.3 Å². The predicted octanol–water partition coefficient (Wildman–Crippen LogP) is 3.70. The molecule has 0 heterocycles. The third-order valence-corrected chi connectivity index (χ3v) is 2.27. The minimum Gasteiger partial charge on any atom is -0.397 e. The Labute approximate surface area is 85.8 Å². The van der Waals surface area contributed by atoms with Crippen LogP contribution in [0, 0.1) is 0 Å². The standard InChI is InChI=1S/C7H4BrClF3N/c8-5-2-3(9)1-4(6(5)13)7(10,11)12/h1-2H,13H2. The van der Waals surface area contributed by atoms with Gasteiger partial charge in [-0.2, -0.15) is 13.2 Å². The number of anilines is 1. The molecule has 0 saturated heterocycles. The average molecular weight is 274 g/mol. The molecule has 0 aliphatic carbocycles. The first-order valence-corrected chi connectivity index (χ1v) is 4.31. The number of alkyl halides is 3. The summed E-state index contributed by atoms with van der Waals surface area (Å²) >= 11 is 8.32. The molecule has 0 saturated carbocycles. The molecule has 1 nitrogen and oxygen atoms in total. The lowest BCUT2D eigenvalue weighted by atomic mass is 10.2. The molecule has 0 fully saturated rings. The third-order valence-electron chi connectivity index (χ3n) is 1.40. The first kappa shape index (κ1) is 10.7. The number of halogens is 5. The van der Waals surface area contributed by atoms with Crippen molar-refractivity contribution in [1.29, 1.82) is 0 Å². The number of benzene rings is 1. The second-order valence-electron chi connectivity index (χ2n) is 2.35. The van der Waals surface area contributed by atoms with Crippen LogP contribution in [0.5, 0.6) is 0 Å². The average Bonchev–Trinajstić information content (AvgIpc) is 1.94. The molecule has 0 atom stereocenters. The van der Waals surface area contributed by atoms with Crippen molar-refractivity contribution < 1.29 is 13.2 Å². The maximum atomic E-state index is 12.2. The monoisotopic (exact) mass is 273 g/mol. The fraction of sp³-hybridized carbons (Fsp3) is 0.143. The van der Waals surface area contributed by atoms with Gasteiger partial charge in [0.25, 0.3) is 0 Å². The van der Waals surface area contributed by atoms with Crippen LogP contribution < -0.4 is 5.73 Å². The van der Waals surface area contributed by atoms with Gasteiger partial charge < -0.3 is 5.73 Å². The normalized spacial score (nSPS) is 11.8. The van der Waals surface area contributed by atoms with Crippen molar-refractivity contribution in [2.24, 2.45) is 0 Å². The third kappa shape index (κ3) is 2.28. The van der Waals surface area contributed by atoms with E-state index in [1.54, 1.807) is 0 Å². The highest BCUT2D eigenvalue weighted by molar-refractivity contribution is 9.10. The highest BCUT2D eigenvalue weighted by Gasteiger charge is 2.33. The first-order chi connectivity index (χ1) is 5.82. The van der Waals surface area contributed by atoms with Gasteiger partial charge in [-0.05, 0) is 28.1 Å². The predicted molar refractivity (Wildman–Crippen MR) is 48.6 cm³/mol. The Morgan fingerprint density at radius 3 is 2.31 bits per heavy atom. The molecule has 0 unspecified atom stereocenters. The van der Waals surface area contributed by atoms with E-state index in [0.717, 1.165) is 6.07 Å². The van der Waals surface area contributed by atoms with Crippen LogP contribution in [0.2, 0.25) is 5.02 Å². The summed E-state index contributed by atoms with van der Waals surface area (Å²) in [6.45, 7) is 0. The van der Waals surface area contributed by atoms with E-state index in [0.29, 0.717) is 0 Å². The summed E-state index contributed by atoms with van der Waals surface area (Å²) in [4.78, 5) is 0. The van der Waals surface area contributed by atoms with E-state index in [-0.39, 0.29) is 15.2 Å². The largest absolute Gasteiger partial charge is 0.418 e. The van der Waals surface area contributed by atoms with Crippen LogP contribution in [0.1, 0.15) is 5.56 Å². The highest BCUT2D eigenvalue weighted by Crippen LogP contribution is 2.38. The molecule has 1 aromatic rings. The van der Waals surface area contributed by atoms with Crippen LogP contribution in [0.15, 0.2) is 16.6 Å². The molecule has 0 radical (unpaired) electrons. The van der Waals surface area contributed by atoms with Crippen molar-refractivity contribution in [3.8, 4) is 0 Å². The second-order valence-corrected chi connectivity index (χ2v) is 3.64. The lowest BCUT2D eigenvalue weighted by Crippen LogP contribution is -2.09. The molecule has 0 amide bonds. The number of rotatable bonds is 0. The van der Waals surface area contributed by atoms with Gasteiger partial charge >= 0.3 is 6.18 Å². The van der Waals surface area contributed by atoms with Gasteiger partial charge in [0.2, 0.25) is 0 Å². The lowest BCUT2D eigenvalue weighted by molar-refractivity contribution is -0.136. The Morgan fingerprint density at radius 1 is 1.31 bits per heavy atom. The van der Waals surface area contributed by atoms with E-state index in [2.05, 4.69) is 15.9 Å². The van der Waals surface area contributed by atoms with Crippen LogP contribution in [0.3, 0.4) is 0 Å². The molecule has 13 heavy (non-hydrogen) atoms. The number of nitrogens with two attached hydrogens (primary N) is 1. The molecular weight excluding hydrogens is 270 g/mol. The van der Waals surface area contributed by atoms with Crippen LogP contribution in [-0.2, 0) is 6.18 Å². The number of hydrogen-bond donors (Lipinski definition) is 1. The first-order valence-electron chi connectivity index (χ1n) is 3.14. The maximum Gasteiger partial charge on any atom is 0.418 e. The van der Waals surface area contributed by atoms with Gasteiger partial charge in [-0.25, -0.2) is 0 Å². The van der Waals surface area contributed by atoms with Crippen molar-refractivity contribution in [3.63, 3.8) is 0 Å². The molecule has 72 valence electrons. The second kappa shape index (κ2) is 3.38.